The van der Waals surface area contributed by atoms with Gasteiger partial charge in [-0.05, 0) is 60.8 Å². The van der Waals surface area contributed by atoms with Crippen LogP contribution in [-0.4, -0.2) is 14.8 Å². The lowest BCUT2D eigenvalue weighted by molar-refractivity contribution is 1.01. The molecule has 0 aliphatic heterocycles. The summed E-state index contributed by atoms with van der Waals surface area (Å²) in [6.45, 7) is 4.17. The Balaban J connectivity index is 2.32. The number of aromatic amines is 1. The lowest BCUT2D eigenvalue weighted by Crippen LogP contribution is -2.02. The molecule has 0 unspecified atom stereocenters. The van der Waals surface area contributed by atoms with Gasteiger partial charge in [-0.2, -0.15) is 5.10 Å². The molecule has 0 fully saturated rings. The second-order valence-electron chi connectivity index (χ2n) is 4.55. The van der Waals surface area contributed by atoms with Crippen LogP contribution in [0, 0.1) is 18.6 Å². The van der Waals surface area contributed by atoms with Crippen LogP contribution in [0.2, 0.25) is 0 Å². The van der Waals surface area contributed by atoms with Crippen LogP contribution in [0.5, 0.6) is 0 Å². The SMILES string of the molecule is Cc1cc(Br)cc(C)c1-n1c(-c2cccs2)n[nH]c1=S. The van der Waals surface area contributed by atoms with E-state index < -0.39 is 0 Å². The Kier molecular flexibility index (Phi) is 3.62. The van der Waals surface area contributed by atoms with Crippen LogP contribution >= 0.6 is 39.5 Å². The first-order valence-corrected chi connectivity index (χ1v) is 8.14. The summed E-state index contributed by atoms with van der Waals surface area (Å²) in [5, 5.41) is 9.33. The van der Waals surface area contributed by atoms with Gasteiger partial charge in [-0.25, -0.2) is 0 Å². The van der Waals surface area contributed by atoms with Gasteiger partial charge in [0.1, 0.15) is 0 Å². The van der Waals surface area contributed by atoms with Crippen molar-refractivity contribution in [3.63, 3.8) is 0 Å². The van der Waals surface area contributed by atoms with E-state index in [-0.39, 0.29) is 0 Å². The Bertz CT molecular complexity index is 792. The molecule has 0 amide bonds. The zero-order valence-corrected chi connectivity index (χ0v) is 14.2. The van der Waals surface area contributed by atoms with Crippen LogP contribution in [0.1, 0.15) is 11.1 Å². The van der Waals surface area contributed by atoms with Crippen LogP contribution in [0.25, 0.3) is 16.4 Å². The molecule has 0 atom stereocenters. The van der Waals surface area contributed by atoms with Crippen LogP contribution in [-0.2, 0) is 0 Å². The summed E-state index contributed by atoms with van der Waals surface area (Å²) in [5.41, 5.74) is 3.41. The van der Waals surface area contributed by atoms with Crippen LogP contribution in [0.4, 0.5) is 0 Å². The molecule has 2 aromatic heterocycles. The number of H-pyrrole nitrogens is 1. The molecule has 0 saturated heterocycles. The predicted octanol–water partition coefficient (Wildman–Crippen LogP) is 5.04. The third-order valence-corrected chi connectivity index (χ3v) is 4.69. The molecule has 0 aliphatic carbocycles. The maximum absolute atomic E-state index is 5.42. The highest BCUT2D eigenvalue weighted by Crippen LogP contribution is 2.30. The summed E-state index contributed by atoms with van der Waals surface area (Å²) >= 11 is 10.6. The average molecular weight is 366 g/mol. The molecular weight excluding hydrogens is 354 g/mol. The number of hydrogen-bond donors (Lipinski definition) is 1. The highest BCUT2D eigenvalue weighted by Gasteiger charge is 2.15. The fourth-order valence-corrected chi connectivity index (χ4v) is 3.94. The van der Waals surface area contributed by atoms with Crippen molar-refractivity contribution in [2.45, 2.75) is 13.8 Å². The average Bonchev–Trinajstić information content (AvgIpc) is 2.99. The van der Waals surface area contributed by atoms with E-state index in [2.05, 4.69) is 58.2 Å². The first kappa shape index (κ1) is 13.7. The summed E-state index contributed by atoms with van der Waals surface area (Å²) < 4.78 is 3.70. The molecule has 6 heteroatoms. The maximum atomic E-state index is 5.42. The largest absolute Gasteiger partial charge is 0.267 e. The van der Waals surface area contributed by atoms with E-state index in [0.29, 0.717) is 4.77 Å². The lowest BCUT2D eigenvalue weighted by atomic mass is 10.1. The van der Waals surface area contributed by atoms with Crippen LogP contribution < -0.4 is 0 Å². The molecule has 102 valence electrons. The van der Waals surface area contributed by atoms with Gasteiger partial charge in [-0.1, -0.05) is 22.0 Å². The minimum Gasteiger partial charge on any atom is -0.267 e. The van der Waals surface area contributed by atoms with Crippen molar-refractivity contribution in [3.8, 4) is 16.4 Å². The summed E-state index contributed by atoms with van der Waals surface area (Å²) in [6, 6.07) is 8.25. The minimum atomic E-state index is 0.613. The van der Waals surface area contributed by atoms with Gasteiger partial charge in [0, 0.05) is 4.47 Å². The van der Waals surface area contributed by atoms with Gasteiger partial charge >= 0.3 is 0 Å². The molecule has 0 spiro atoms. The van der Waals surface area contributed by atoms with E-state index >= 15 is 0 Å². The number of thiophene rings is 1. The summed E-state index contributed by atoms with van der Waals surface area (Å²) in [5.74, 6) is 0.860. The molecule has 0 bridgehead atoms. The van der Waals surface area contributed by atoms with Crippen molar-refractivity contribution in [1.29, 1.82) is 0 Å². The standard InChI is InChI=1S/C14H12BrN3S2/c1-8-6-10(15)7-9(2)12(8)18-13(16-17-14(18)19)11-4-3-5-20-11/h3-7H,1-2H3,(H,17,19). The number of benzene rings is 1. The topological polar surface area (TPSA) is 33.6 Å². The van der Waals surface area contributed by atoms with E-state index in [1.54, 1.807) is 11.3 Å². The highest BCUT2D eigenvalue weighted by atomic mass is 79.9. The molecule has 0 radical (unpaired) electrons. The van der Waals surface area contributed by atoms with Crippen molar-refractivity contribution >= 4 is 39.5 Å². The quantitative estimate of drug-likeness (QED) is 0.645. The second-order valence-corrected chi connectivity index (χ2v) is 6.80. The number of rotatable bonds is 2. The molecule has 3 aromatic rings. The van der Waals surface area contributed by atoms with Gasteiger partial charge in [0.25, 0.3) is 0 Å². The smallest absolute Gasteiger partial charge is 0.200 e. The van der Waals surface area contributed by atoms with Crippen LogP contribution in [0.3, 0.4) is 0 Å². The Morgan fingerprint density at radius 2 is 2.00 bits per heavy atom. The van der Waals surface area contributed by atoms with Crippen LogP contribution in [0.15, 0.2) is 34.1 Å². The number of nitrogens with zero attached hydrogens (tertiary/aromatic N) is 2. The van der Waals surface area contributed by atoms with Gasteiger partial charge in [0.05, 0.1) is 10.6 Å². The molecule has 2 heterocycles. The normalized spacial score (nSPS) is 10.9. The summed E-state index contributed by atoms with van der Waals surface area (Å²) in [6.07, 6.45) is 0. The number of hydrogen-bond acceptors (Lipinski definition) is 3. The summed E-state index contributed by atoms with van der Waals surface area (Å²) in [4.78, 5) is 1.10. The fraction of sp³-hybridized carbons (Fsp3) is 0.143. The van der Waals surface area contributed by atoms with Gasteiger partial charge in [0.15, 0.2) is 10.6 Å². The maximum Gasteiger partial charge on any atom is 0.200 e. The Hall–Kier alpha value is -1.24. The lowest BCUT2D eigenvalue weighted by Gasteiger charge is -2.13. The number of aryl methyl sites for hydroxylation is 2. The third kappa shape index (κ3) is 2.28. The van der Waals surface area contributed by atoms with Crippen molar-refractivity contribution < 1.29 is 0 Å². The van der Waals surface area contributed by atoms with Crippen molar-refractivity contribution in [2.24, 2.45) is 0 Å². The highest BCUT2D eigenvalue weighted by molar-refractivity contribution is 9.10. The van der Waals surface area contributed by atoms with Gasteiger partial charge < -0.3 is 0 Å². The van der Waals surface area contributed by atoms with Crippen molar-refractivity contribution in [2.75, 3.05) is 0 Å². The van der Waals surface area contributed by atoms with Gasteiger partial charge in [-0.3, -0.25) is 9.67 Å². The zero-order chi connectivity index (χ0) is 14.3. The minimum absolute atomic E-state index is 0.613. The summed E-state index contributed by atoms with van der Waals surface area (Å²) in [7, 11) is 0. The van der Waals surface area contributed by atoms with E-state index in [4.69, 9.17) is 12.2 Å². The molecule has 3 rings (SSSR count). The van der Waals surface area contributed by atoms with Crippen molar-refractivity contribution in [3.05, 3.63) is 50.0 Å². The number of halogens is 1. The predicted molar refractivity (Wildman–Crippen MR) is 89.2 cm³/mol. The van der Waals surface area contributed by atoms with E-state index in [0.717, 1.165) is 32.0 Å². The first-order chi connectivity index (χ1) is 9.58. The molecule has 0 aliphatic rings. The van der Waals surface area contributed by atoms with Crippen molar-refractivity contribution in [1.82, 2.24) is 14.8 Å². The van der Waals surface area contributed by atoms with Gasteiger partial charge in [-0.15, -0.1) is 11.3 Å². The van der Waals surface area contributed by atoms with Gasteiger partial charge in [0.2, 0.25) is 0 Å². The van der Waals surface area contributed by atoms with E-state index in [1.807, 2.05) is 16.0 Å². The monoisotopic (exact) mass is 365 g/mol. The third-order valence-electron chi connectivity index (χ3n) is 3.09. The number of aromatic nitrogens is 3. The second kappa shape index (κ2) is 5.27. The molecule has 0 saturated carbocycles. The molecule has 20 heavy (non-hydrogen) atoms. The molecule has 3 nitrogen and oxygen atoms in total. The zero-order valence-electron chi connectivity index (χ0n) is 11.0. The van der Waals surface area contributed by atoms with E-state index in [1.165, 1.54) is 0 Å². The Labute approximate surface area is 134 Å². The Morgan fingerprint density at radius 3 is 2.60 bits per heavy atom. The molecule has 1 aromatic carbocycles. The molecule has 1 N–H and O–H groups in total. The molecular formula is C14H12BrN3S2. The fourth-order valence-electron chi connectivity index (χ4n) is 2.33. The van der Waals surface area contributed by atoms with E-state index in [9.17, 15) is 0 Å². The first-order valence-electron chi connectivity index (χ1n) is 6.06. The number of nitrogens with one attached hydrogen (secondary N) is 1. The Morgan fingerprint density at radius 1 is 1.30 bits per heavy atom.